The summed E-state index contributed by atoms with van der Waals surface area (Å²) in [5, 5.41) is 2.98. The molecule has 1 aromatic rings. The summed E-state index contributed by atoms with van der Waals surface area (Å²) in [5.41, 5.74) is 7.90. The van der Waals surface area contributed by atoms with Crippen LogP contribution in [0, 0.1) is 12.8 Å². The van der Waals surface area contributed by atoms with Crippen molar-refractivity contribution in [2.24, 2.45) is 5.92 Å². The Morgan fingerprint density at radius 2 is 2.20 bits per heavy atom. The van der Waals surface area contributed by atoms with Gasteiger partial charge in [-0.05, 0) is 30.9 Å². The minimum Gasteiger partial charge on any atom is -0.398 e. The molecule has 2 unspecified atom stereocenters. The van der Waals surface area contributed by atoms with Crippen LogP contribution in [0.3, 0.4) is 0 Å². The van der Waals surface area contributed by atoms with Crippen LogP contribution in [0.4, 0.5) is 5.69 Å². The van der Waals surface area contributed by atoms with E-state index in [1.165, 1.54) is 0 Å². The van der Waals surface area contributed by atoms with E-state index < -0.39 is 0 Å². The van der Waals surface area contributed by atoms with E-state index in [9.17, 15) is 4.79 Å². The van der Waals surface area contributed by atoms with Gasteiger partial charge in [-0.15, -0.1) is 0 Å². The molecule has 2 rings (SSSR count). The summed E-state index contributed by atoms with van der Waals surface area (Å²) < 4.78 is 0. The maximum absolute atomic E-state index is 11.9. The van der Waals surface area contributed by atoms with Crippen LogP contribution < -0.4 is 11.1 Å². The van der Waals surface area contributed by atoms with Crippen molar-refractivity contribution >= 4 is 11.6 Å². The summed E-state index contributed by atoms with van der Waals surface area (Å²) in [6.07, 6.45) is 1.08. The summed E-state index contributed by atoms with van der Waals surface area (Å²) in [6.45, 7) is 4.04. The van der Waals surface area contributed by atoms with Crippen LogP contribution in [-0.2, 0) is 0 Å². The number of amides is 1. The van der Waals surface area contributed by atoms with Crippen LogP contribution in [0.2, 0.25) is 0 Å². The molecule has 0 aliphatic heterocycles. The van der Waals surface area contributed by atoms with E-state index in [2.05, 4.69) is 12.2 Å². The highest BCUT2D eigenvalue weighted by Crippen LogP contribution is 2.29. The van der Waals surface area contributed by atoms with Gasteiger partial charge in [0.05, 0.1) is 5.56 Å². The summed E-state index contributed by atoms with van der Waals surface area (Å²) in [4.78, 5) is 11.9. The summed E-state index contributed by atoms with van der Waals surface area (Å²) in [7, 11) is 0. The molecule has 1 saturated carbocycles. The van der Waals surface area contributed by atoms with Gasteiger partial charge in [-0.1, -0.05) is 19.1 Å². The van der Waals surface area contributed by atoms with E-state index in [4.69, 9.17) is 5.73 Å². The maximum Gasteiger partial charge on any atom is 0.253 e. The van der Waals surface area contributed by atoms with Crippen molar-refractivity contribution in [1.29, 1.82) is 0 Å². The van der Waals surface area contributed by atoms with Gasteiger partial charge < -0.3 is 11.1 Å². The number of hydrogen-bond donors (Lipinski definition) is 2. The molecule has 3 nitrogen and oxygen atoms in total. The predicted octanol–water partition coefficient (Wildman–Crippen LogP) is 1.72. The van der Waals surface area contributed by atoms with Gasteiger partial charge in [-0.25, -0.2) is 0 Å². The number of nitrogens with two attached hydrogens (primary N) is 1. The van der Waals surface area contributed by atoms with Crippen LogP contribution in [0.25, 0.3) is 0 Å². The molecule has 1 amide bonds. The summed E-state index contributed by atoms with van der Waals surface area (Å²) in [5.74, 6) is 0.569. The van der Waals surface area contributed by atoms with Gasteiger partial charge in [0.25, 0.3) is 5.91 Å². The highest BCUT2D eigenvalue weighted by molar-refractivity contribution is 6.00. The third-order valence-electron chi connectivity index (χ3n) is 2.96. The molecule has 3 heteroatoms. The average molecular weight is 204 g/mol. The molecule has 0 aromatic heterocycles. The average Bonchev–Trinajstić information content (AvgIpc) is 2.81. The molecule has 80 valence electrons. The van der Waals surface area contributed by atoms with Crippen molar-refractivity contribution in [3.05, 3.63) is 29.3 Å². The van der Waals surface area contributed by atoms with Gasteiger partial charge in [-0.2, -0.15) is 0 Å². The molecule has 0 heterocycles. The molecule has 3 N–H and O–H groups in total. The van der Waals surface area contributed by atoms with Crippen molar-refractivity contribution < 1.29 is 4.79 Å². The summed E-state index contributed by atoms with van der Waals surface area (Å²) in [6, 6.07) is 5.87. The molecule has 1 aliphatic carbocycles. The number of carbonyl (C=O) groups excluding carboxylic acids is 1. The largest absolute Gasteiger partial charge is 0.398 e. The minimum atomic E-state index is -0.0417. The molecule has 0 saturated heterocycles. The van der Waals surface area contributed by atoms with Gasteiger partial charge in [0.15, 0.2) is 0 Å². The standard InChI is InChI=1S/C12H16N2O/c1-7-4-3-5-9(13)11(7)12(15)14-10-6-8(10)2/h3-5,8,10H,6,13H2,1-2H3,(H,14,15). The quantitative estimate of drug-likeness (QED) is 0.721. The molecule has 0 bridgehead atoms. The zero-order valence-corrected chi connectivity index (χ0v) is 9.08. The lowest BCUT2D eigenvalue weighted by atomic mass is 10.1. The normalized spacial score (nSPS) is 23.6. The summed E-state index contributed by atoms with van der Waals surface area (Å²) >= 11 is 0. The number of benzene rings is 1. The predicted molar refractivity (Wildman–Crippen MR) is 60.6 cm³/mol. The molecule has 1 aliphatic rings. The third-order valence-corrected chi connectivity index (χ3v) is 2.96. The number of nitrogen functional groups attached to an aromatic ring is 1. The number of carbonyl (C=O) groups is 1. The molecule has 0 radical (unpaired) electrons. The smallest absolute Gasteiger partial charge is 0.253 e. The second-order valence-electron chi connectivity index (χ2n) is 4.33. The lowest BCUT2D eigenvalue weighted by Gasteiger charge is -2.09. The number of aryl methyl sites for hydroxylation is 1. The van der Waals surface area contributed by atoms with Gasteiger partial charge in [0.2, 0.25) is 0 Å². The fraction of sp³-hybridized carbons (Fsp3) is 0.417. The Morgan fingerprint density at radius 1 is 1.53 bits per heavy atom. The van der Waals surface area contributed by atoms with E-state index in [-0.39, 0.29) is 5.91 Å². The third kappa shape index (κ3) is 1.96. The van der Waals surface area contributed by atoms with E-state index >= 15 is 0 Å². The highest BCUT2D eigenvalue weighted by Gasteiger charge is 2.34. The van der Waals surface area contributed by atoms with E-state index in [0.29, 0.717) is 23.2 Å². The lowest BCUT2D eigenvalue weighted by Crippen LogP contribution is -2.28. The van der Waals surface area contributed by atoms with Gasteiger partial charge in [-0.3, -0.25) is 4.79 Å². The Bertz CT molecular complexity index is 380. The zero-order chi connectivity index (χ0) is 11.0. The first-order valence-electron chi connectivity index (χ1n) is 5.25. The molecule has 2 atom stereocenters. The Balaban J connectivity index is 2.17. The minimum absolute atomic E-state index is 0.0417. The van der Waals surface area contributed by atoms with Gasteiger partial charge in [0, 0.05) is 11.7 Å². The van der Waals surface area contributed by atoms with Crippen molar-refractivity contribution in [2.45, 2.75) is 26.3 Å². The Labute approximate surface area is 89.7 Å². The van der Waals surface area contributed by atoms with Crippen LogP contribution in [0.1, 0.15) is 29.3 Å². The number of anilines is 1. The number of rotatable bonds is 2. The Hall–Kier alpha value is -1.51. The van der Waals surface area contributed by atoms with Crippen LogP contribution >= 0.6 is 0 Å². The zero-order valence-electron chi connectivity index (χ0n) is 9.08. The Kier molecular flexibility index (Phi) is 2.39. The SMILES string of the molecule is Cc1cccc(N)c1C(=O)NC1CC1C. The van der Waals surface area contributed by atoms with Crippen LogP contribution in [-0.4, -0.2) is 11.9 Å². The van der Waals surface area contributed by atoms with E-state index in [1.54, 1.807) is 6.07 Å². The first-order chi connectivity index (χ1) is 7.09. The molecule has 1 aromatic carbocycles. The second kappa shape index (κ2) is 3.57. The van der Waals surface area contributed by atoms with Crippen LogP contribution in [0.15, 0.2) is 18.2 Å². The molecule has 1 fully saturated rings. The van der Waals surface area contributed by atoms with Crippen molar-refractivity contribution in [2.75, 3.05) is 5.73 Å². The molecular weight excluding hydrogens is 188 g/mol. The Morgan fingerprint density at radius 3 is 2.73 bits per heavy atom. The number of hydrogen-bond acceptors (Lipinski definition) is 2. The molecule has 15 heavy (non-hydrogen) atoms. The van der Waals surface area contributed by atoms with Gasteiger partial charge in [0.1, 0.15) is 0 Å². The lowest BCUT2D eigenvalue weighted by molar-refractivity contribution is 0.0949. The second-order valence-corrected chi connectivity index (χ2v) is 4.33. The fourth-order valence-corrected chi connectivity index (χ4v) is 1.76. The molecule has 0 spiro atoms. The number of nitrogens with one attached hydrogen (secondary N) is 1. The van der Waals surface area contributed by atoms with Crippen molar-refractivity contribution in [1.82, 2.24) is 5.32 Å². The van der Waals surface area contributed by atoms with Gasteiger partial charge >= 0.3 is 0 Å². The van der Waals surface area contributed by atoms with E-state index in [1.807, 2.05) is 19.1 Å². The maximum atomic E-state index is 11.9. The fourth-order valence-electron chi connectivity index (χ4n) is 1.76. The first kappa shape index (κ1) is 10.0. The van der Waals surface area contributed by atoms with Crippen LogP contribution in [0.5, 0.6) is 0 Å². The topological polar surface area (TPSA) is 55.1 Å². The molecular formula is C12H16N2O. The van der Waals surface area contributed by atoms with E-state index in [0.717, 1.165) is 12.0 Å². The first-order valence-corrected chi connectivity index (χ1v) is 5.25. The van der Waals surface area contributed by atoms with Crippen molar-refractivity contribution in [3.63, 3.8) is 0 Å². The van der Waals surface area contributed by atoms with Crippen molar-refractivity contribution in [3.8, 4) is 0 Å². The highest BCUT2D eigenvalue weighted by atomic mass is 16.1. The monoisotopic (exact) mass is 204 g/mol.